The van der Waals surface area contributed by atoms with Crippen molar-refractivity contribution in [3.8, 4) is 0 Å². The Morgan fingerprint density at radius 3 is 2.84 bits per heavy atom. The largest absolute Gasteiger partial charge is 0.399 e. The molecule has 0 atom stereocenters. The van der Waals surface area contributed by atoms with Gasteiger partial charge in [-0.3, -0.25) is 4.79 Å². The average Bonchev–Trinajstić information content (AvgIpc) is 2.91. The van der Waals surface area contributed by atoms with E-state index in [4.69, 9.17) is 5.73 Å². The van der Waals surface area contributed by atoms with Crippen molar-refractivity contribution in [2.75, 3.05) is 12.3 Å². The molecule has 98 valence electrons. The zero-order chi connectivity index (χ0) is 13.5. The lowest BCUT2D eigenvalue weighted by Gasteiger charge is -2.00. The van der Waals surface area contributed by atoms with Gasteiger partial charge in [-0.2, -0.15) is 0 Å². The van der Waals surface area contributed by atoms with Crippen LogP contribution in [0, 0.1) is 0 Å². The van der Waals surface area contributed by atoms with Gasteiger partial charge in [-0.05, 0) is 23.8 Å². The van der Waals surface area contributed by atoms with Gasteiger partial charge in [0.05, 0.1) is 6.33 Å². The van der Waals surface area contributed by atoms with Gasteiger partial charge in [0.1, 0.15) is 0 Å². The number of imidazole rings is 1. The van der Waals surface area contributed by atoms with Crippen LogP contribution in [0.3, 0.4) is 0 Å². The fourth-order valence-electron chi connectivity index (χ4n) is 1.58. The summed E-state index contributed by atoms with van der Waals surface area (Å²) in [5.41, 5.74) is 8.24. The molecule has 0 radical (unpaired) electrons. The molecule has 2 rings (SSSR count). The van der Waals surface area contributed by atoms with E-state index < -0.39 is 0 Å². The van der Waals surface area contributed by atoms with Crippen LogP contribution in [0.4, 0.5) is 5.69 Å². The number of benzene rings is 1. The van der Waals surface area contributed by atoms with E-state index in [-0.39, 0.29) is 5.91 Å². The minimum Gasteiger partial charge on any atom is -0.399 e. The molecule has 4 N–H and O–H groups in total. The van der Waals surface area contributed by atoms with Crippen LogP contribution < -0.4 is 11.1 Å². The van der Waals surface area contributed by atoms with Crippen LogP contribution >= 0.6 is 0 Å². The number of aromatic nitrogens is 2. The number of hydrogen-bond donors (Lipinski definition) is 3. The molecule has 0 unspecified atom stereocenters. The summed E-state index contributed by atoms with van der Waals surface area (Å²) in [4.78, 5) is 18.5. The Balaban J connectivity index is 1.76. The zero-order valence-corrected chi connectivity index (χ0v) is 10.5. The maximum Gasteiger partial charge on any atom is 0.244 e. The van der Waals surface area contributed by atoms with Crippen molar-refractivity contribution in [2.24, 2.45) is 0 Å². The highest BCUT2D eigenvalue weighted by atomic mass is 16.1. The van der Waals surface area contributed by atoms with Crippen LogP contribution in [0.1, 0.15) is 11.3 Å². The first-order chi connectivity index (χ1) is 9.24. The first-order valence-electron chi connectivity index (χ1n) is 6.03. The molecule has 2 aromatic rings. The predicted molar refractivity (Wildman–Crippen MR) is 75.2 cm³/mol. The second-order valence-corrected chi connectivity index (χ2v) is 4.12. The van der Waals surface area contributed by atoms with E-state index in [1.165, 1.54) is 6.08 Å². The first kappa shape index (κ1) is 12.9. The molecule has 5 heteroatoms. The Labute approximate surface area is 111 Å². The molecule has 0 spiro atoms. The molecule has 1 aromatic heterocycles. The van der Waals surface area contributed by atoms with Gasteiger partial charge in [0.2, 0.25) is 5.91 Å². The van der Waals surface area contributed by atoms with Gasteiger partial charge in [0.15, 0.2) is 0 Å². The van der Waals surface area contributed by atoms with Crippen molar-refractivity contribution in [2.45, 2.75) is 6.42 Å². The number of carbonyl (C=O) groups is 1. The van der Waals surface area contributed by atoms with Gasteiger partial charge in [-0.15, -0.1) is 0 Å². The summed E-state index contributed by atoms with van der Waals surface area (Å²) in [5, 5.41) is 2.80. The predicted octanol–water partition coefficient (Wildman–Crippen LogP) is 1.36. The Bertz CT molecular complexity index is 543. The fourth-order valence-corrected chi connectivity index (χ4v) is 1.58. The van der Waals surface area contributed by atoms with Gasteiger partial charge in [0.25, 0.3) is 0 Å². The SMILES string of the molecule is Nc1ccc(/C=C/C(=O)NCCc2cnc[nH]2)cc1. The number of hydrogen-bond acceptors (Lipinski definition) is 3. The average molecular weight is 256 g/mol. The normalized spacial score (nSPS) is 10.7. The highest BCUT2D eigenvalue weighted by Gasteiger charge is 1.97. The fraction of sp³-hybridized carbons (Fsp3) is 0.143. The highest BCUT2D eigenvalue weighted by molar-refractivity contribution is 5.91. The third kappa shape index (κ3) is 4.31. The van der Waals surface area contributed by atoms with E-state index in [1.54, 1.807) is 30.7 Å². The van der Waals surface area contributed by atoms with Gasteiger partial charge in [-0.1, -0.05) is 12.1 Å². The van der Waals surface area contributed by atoms with Crippen molar-refractivity contribution >= 4 is 17.7 Å². The summed E-state index contributed by atoms with van der Waals surface area (Å²) in [7, 11) is 0. The Morgan fingerprint density at radius 1 is 1.37 bits per heavy atom. The van der Waals surface area contributed by atoms with Crippen molar-refractivity contribution in [1.82, 2.24) is 15.3 Å². The topological polar surface area (TPSA) is 83.8 Å². The molecular weight excluding hydrogens is 240 g/mol. The zero-order valence-electron chi connectivity index (χ0n) is 10.5. The molecule has 5 nitrogen and oxygen atoms in total. The van der Waals surface area contributed by atoms with E-state index in [1.807, 2.05) is 12.1 Å². The van der Waals surface area contributed by atoms with Crippen molar-refractivity contribution in [1.29, 1.82) is 0 Å². The van der Waals surface area contributed by atoms with Gasteiger partial charge < -0.3 is 16.0 Å². The summed E-state index contributed by atoms with van der Waals surface area (Å²) in [5.74, 6) is -0.114. The van der Waals surface area contributed by atoms with Gasteiger partial charge in [-0.25, -0.2) is 4.98 Å². The standard InChI is InChI=1S/C14H16N4O/c15-12-4-1-11(2-5-12)3-6-14(19)17-8-7-13-9-16-10-18-13/h1-6,9-10H,7-8,15H2,(H,16,18)(H,17,19)/b6-3+. The smallest absolute Gasteiger partial charge is 0.244 e. The lowest BCUT2D eigenvalue weighted by Crippen LogP contribution is -2.23. The number of aromatic amines is 1. The number of anilines is 1. The summed E-state index contributed by atoms with van der Waals surface area (Å²) >= 11 is 0. The molecule has 1 heterocycles. The van der Waals surface area contributed by atoms with Crippen LogP contribution in [0.2, 0.25) is 0 Å². The van der Waals surface area contributed by atoms with E-state index in [2.05, 4.69) is 15.3 Å². The molecular formula is C14H16N4O. The lowest BCUT2D eigenvalue weighted by molar-refractivity contribution is -0.116. The number of carbonyl (C=O) groups excluding carboxylic acids is 1. The van der Waals surface area contributed by atoms with Crippen LogP contribution in [-0.2, 0) is 11.2 Å². The highest BCUT2D eigenvalue weighted by Crippen LogP contribution is 2.06. The molecule has 0 saturated heterocycles. The number of nitrogens with two attached hydrogens (primary N) is 1. The molecule has 19 heavy (non-hydrogen) atoms. The quantitative estimate of drug-likeness (QED) is 0.558. The number of amides is 1. The minimum atomic E-state index is -0.114. The second-order valence-electron chi connectivity index (χ2n) is 4.12. The van der Waals surface area contributed by atoms with Crippen LogP contribution in [0.15, 0.2) is 42.9 Å². The molecule has 0 aliphatic heterocycles. The van der Waals surface area contributed by atoms with Gasteiger partial charge in [0, 0.05) is 36.6 Å². The van der Waals surface area contributed by atoms with Gasteiger partial charge >= 0.3 is 0 Å². The van der Waals surface area contributed by atoms with Crippen LogP contribution in [0.25, 0.3) is 6.08 Å². The summed E-state index contributed by atoms with van der Waals surface area (Å²) < 4.78 is 0. The third-order valence-corrected chi connectivity index (χ3v) is 2.61. The van der Waals surface area contributed by atoms with E-state index in [0.29, 0.717) is 12.2 Å². The molecule has 0 fully saturated rings. The molecule has 0 aliphatic rings. The molecule has 0 aliphatic carbocycles. The van der Waals surface area contributed by atoms with Crippen molar-refractivity contribution in [3.05, 3.63) is 54.1 Å². The summed E-state index contributed by atoms with van der Waals surface area (Å²) in [6, 6.07) is 7.33. The minimum absolute atomic E-state index is 0.114. The number of H-pyrrole nitrogens is 1. The molecule has 1 amide bonds. The Kier molecular flexibility index (Phi) is 4.34. The van der Waals surface area contributed by atoms with E-state index in [9.17, 15) is 4.79 Å². The van der Waals surface area contributed by atoms with E-state index in [0.717, 1.165) is 17.7 Å². The number of nitrogens with zero attached hydrogens (tertiary/aromatic N) is 1. The summed E-state index contributed by atoms with van der Waals surface area (Å²) in [6.45, 7) is 0.576. The Morgan fingerprint density at radius 2 is 2.16 bits per heavy atom. The first-order valence-corrected chi connectivity index (χ1v) is 6.03. The maximum atomic E-state index is 11.6. The van der Waals surface area contributed by atoms with Crippen LogP contribution in [-0.4, -0.2) is 22.4 Å². The monoisotopic (exact) mass is 256 g/mol. The molecule has 0 saturated carbocycles. The number of nitrogen functional groups attached to an aromatic ring is 1. The molecule has 1 aromatic carbocycles. The second kappa shape index (κ2) is 6.39. The van der Waals surface area contributed by atoms with Crippen LogP contribution in [0.5, 0.6) is 0 Å². The maximum absolute atomic E-state index is 11.6. The van der Waals surface area contributed by atoms with Crippen molar-refractivity contribution in [3.63, 3.8) is 0 Å². The summed E-state index contributed by atoms with van der Waals surface area (Å²) in [6.07, 6.45) is 7.37. The van der Waals surface area contributed by atoms with Crippen molar-refractivity contribution < 1.29 is 4.79 Å². The number of rotatable bonds is 5. The Hall–Kier alpha value is -2.56. The molecule has 0 bridgehead atoms. The third-order valence-electron chi connectivity index (χ3n) is 2.61. The number of nitrogens with one attached hydrogen (secondary N) is 2. The van der Waals surface area contributed by atoms with E-state index >= 15 is 0 Å². The lowest BCUT2D eigenvalue weighted by atomic mass is 10.2.